The molecule has 0 aliphatic heterocycles. The molecule has 0 aliphatic carbocycles. The van der Waals surface area contributed by atoms with Crippen LogP contribution in [0, 0.1) is 16.7 Å². The third-order valence-corrected chi connectivity index (χ3v) is 3.96. The molecule has 0 aliphatic rings. The lowest BCUT2D eigenvalue weighted by Crippen LogP contribution is -2.13. The average Bonchev–Trinajstić information content (AvgIpc) is 2.39. The Morgan fingerprint density at radius 2 is 2.05 bits per heavy atom. The zero-order valence-corrected chi connectivity index (χ0v) is 14.5. The number of alkyl halides is 1. The van der Waals surface area contributed by atoms with Crippen molar-refractivity contribution in [2.24, 2.45) is 5.41 Å². The van der Waals surface area contributed by atoms with E-state index >= 15 is 0 Å². The fraction of sp³-hybridized carbons (Fsp3) is 0.500. The zero-order valence-electron chi connectivity index (χ0n) is 11.3. The van der Waals surface area contributed by atoms with Gasteiger partial charge >= 0.3 is 0 Å². The highest BCUT2D eigenvalue weighted by molar-refractivity contribution is 9.10. The second-order valence-electron chi connectivity index (χ2n) is 4.84. The Morgan fingerprint density at radius 3 is 2.58 bits per heavy atom. The van der Waals surface area contributed by atoms with Crippen molar-refractivity contribution >= 4 is 31.9 Å². The Bertz CT molecular complexity index is 481. The molecule has 0 saturated carbocycles. The second-order valence-corrected chi connectivity index (χ2v) is 6.25. The van der Waals surface area contributed by atoms with Crippen molar-refractivity contribution in [3.63, 3.8) is 0 Å². The van der Waals surface area contributed by atoms with Gasteiger partial charge in [0.2, 0.25) is 0 Å². The fourth-order valence-electron chi connectivity index (χ4n) is 1.45. The number of hydrogen-bond donors (Lipinski definition) is 0. The van der Waals surface area contributed by atoms with E-state index < -0.39 is 0 Å². The lowest BCUT2D eigenvalue weighted by atomic mass is 9.92. The summed E-state index contributed by atoms with van der Waals surface area (Å²) < 4.78 is 12.0. The molecule has 0 fully saturated rings. The predicted molar refractivity (Wildman–Crippen MR) is 82.8 cm³/mol. The fourth-order valence-corrected chi connectivity index (χ4v) is 2.38. The van der Waals surface area contributed by atoms with Crippen molar-refractivity contribution in [3.05, 3.63) is 22.2 Å². The zero-order chi connectivity index (χ0) is 14.5. The number of benzene rings is 1. The molecule has 0 unspecified atom stereocenters. The van der Waals surface area contributed by atoms with Crippen LogP contribution in [-0.2, 0) is 5.33 Å². The van der Waals surface area contributed by atoms with Crippen molar-refractivity contribution in [1.82, 2.24) is 0 Å². The summed E-state index contributed by atoms with van der Waals surface area (Å²) in [5.74, 6) is 1.37. The molecule has 1 aromatic carbocycles. The van der Waals surface area contributed by atoms with Crippen LogP contribution in [0.3, 0.4) is 0 Å². The first-order chi connectivity index (χ1) is 8.93. The normalized spacial score (nSPS) is 10.9. The van der Waals surface area contributed by atoms with E-state index in [0.717, 1.165) is 15.4 Å². The Balaban J connectivity index is 2.81. The maximum atomic E-state index is 8.97. The highest BCUT2D eigenvalue weighted by Crippen LogP contribution is 2.37. The lowest BCUT2D eigenvalue weighted by Gasteiger charge is -2.17. The van der Waals surface area contributed by atoms with Crippen LogP contribution < -0.4 is 9.47 Å². The monoisotopic (exact) mass is 389 g/mol. The van der Waals surface area contributed by atoms with E-state index in [1.807, 2.05) is 26.0 Å². The Kier molecular flexibility index (Phi) is 6.15. The SMILES string of the molecule is COc1cc(CBr)cc(Br)c1OCCC(C)(C)C#N. The molecular formula is C14H17Br2NO2. The van der Waals surface area contributed by atoms with Gasteiger partial charge in [0.05, 0.1) is 29.7 Å². The second kappa shape index (κ2) is 7.16. The number of methoxy groups -OCH3 is 1. The maximum Gasteiger partial charge on any atom is 0.175 e. The van der Waals surface area contributed by atoms with E-state index in [1.54, 1.807) is 7.11 Å². The molecule has 3 nitrogen and oxygen atoms in total. The molecule has 0 saturated heterocycles. The number of ether oxygens (including phenoxy) is 2. The molecule has 0 spiro atoms. The van der Waals surface area contributed by atoms with Gasteiger partial charge in [0.15, 0.2) is 11.5 Å². The van der Waals surface area contributed by atoms with Gasteiger partial charge in [-0.3, -0.25) is 0 Å². The van der Waals surface area contributed by atoms with Crippen molar-refractivity contribution in [1.29, 1.82) is 5.26 Å². The summed E-state index contributed by atoms with van der Waals surface area (Å²) in [6, 6.07) is 6.18. The van der Waals surface area contributed by atoms with E-state index in [-0.39, 0.29) is 5.41 Å². The van der Waals surface area contributed by atoms with Crippen LogP contribution >= 0.6 is 31.9 Å². The molecule has 0 heterocycles. The Hall–Kier alpha value is -0.730. The molecule has 0 amide bonds. The van der Waals surface area contributed by atoms with Gasteiger partial charge in [0.25, 0.3) is 0 Å². The van der Waals surface area contributed by atoms with E-state index in [1.165, 1.54) is 0 Å². The number of nitriles is 1. The molecule has 0 bridgehead atoms. The molecule has 104 valence electrons. The Labute approximate surface area is 131 Å². The molecule has 0 aromatic heterocycles. The minimum absolute atomic E-state index is 0.379. The van der Waals surface area contributed by atoms with Gasteiger partial charge in [-0.1, -0.05) is 15.9 Å². The van der Waals surface area contributed by atoms with Crippen LogP contribution in [0.4, 0.5) is 0 Å². The molecule has 0 N–H and O–H groups in total. The standard InChI is InChI=1S/C14H17Br2NO2/c1-14(2,9-17)4-5-19-13-11(16)6-10(8-15)7-12(13)18-3/h6-7H,4-5,8H2,1-3H3. The summed E-state index contributed by atoms with van der Waals surface area (Å²) >= 11 is 6.90. The lowest BCUT2D eigenvalue weighted by molar-refractivity contribution is 0.251. The first-order valence-electron chi connectivity index (χ1n) is 5.90. The van der Waals surface area contributed by atoms with Gasteiger partial charge in [-0.15, -0.1) is 0 Å². The van der Waals surface area contributed by atoms with Crippen LogP contribution in [-0.4, -0.2) is 13.7 Å². The molecular weight excluding hydrogens is 374 g/mol. The largest absolute Gasteiger partial charge is 0.493 e. The van der Waals surface area contributed by atoms with Gasteiger partial charge in [0, 0.05) is 5.33 Å². The highest BCUT2D eigenvalue weighted by Gasteiger charge is 2.18. The van der Waals surface area contributed by atoms with E-state index in [0.29, 0.717) is 24.5 Å². The third kappa shape index (κ3) is 4.70. The smallest absolute Gasteiger partial charge is 0.175 e. The topological polar surface area (TPSA) is 42.2 Å². The number of halogens is 2. The number of rotatable bonds is 6. The van der Waals surface area contributed by atoms with Gasteiger partial charge in [-0.25, -0.2) is 0 Å². The molecule has 0 atom stereocenters. The summed E-state index contributed by atoms with van der Waals surface area (Å²) in [7, 11) is 1.62. The van der Waals surface area contributed by atoms with Crippen molar-refractivity contribution in [2.75, 3.05) is 13.7 Å². The summed E-state index contributed by atoms with van der Waals surface area (Å²) in [4.78, 5) is 0. The first-order valence-corrected chi connectivity index (χ1v) is 7.81. The van der Waals surface area contributed by atoms with Gasteiger partial charge in [-0.05, 0) is 53.9 Å². The van der Waals surface area contributed by atoms with Crippen LogP contribution in [0.15, 0.2) is 16.6 Å². The van der Waals surface area contributed by atoms with Gasteiger partial charge < -0.3 is 9.47 Å². The number of nitrogens with zero attached hydrogens (tertiary/aromatic N) is 1. The quantitative estimate of drug-likeness (QED) is 0.662. The minimum Gasteiger partial charge on any atom is -0.493 e. The van der Waals surface area contributed by atoms with E-state index in [9.17, 15) is 0 Å². The average molecular weight is 391 g/mol. The third-order valence-electron chi connectivity index (χ3n) is 2.72. The van der Waals surface area contributed by atoms with Crippen molar-refractivity contribution < 1.29 is 9.47 Å². The maximum absolute atomic E-state index is 8.97. The van der Waals surface area contributed by atoms with Crippen molar-refractivity contribution in [3.8, 4) is 17.6 Å². The molecule has 0 radical (unpaired) electrons. The van der Waals surface area contributed by atoms with Crippen LogP contribution in [0.25, 0.3) is 0 Å². The van der Waals surface area contributed by atoms with E-state index in [2.05, 4.69) is 37.9 Å². The first kappa shape index (κ1) is 16.3. The van der Waals surface area contributed by atoms with Gasteiger partial charge in [-0.2, -0.15) is 5.26 Å². The molecule has 1 aromatic rings. The van der Waals surface area contributed by atoms with E-state index in [4.69, 9.17) is 14.7 Å². The molecule has 19 heavy (non-hydrogen) atoms. The minimum atomic E-state index is -0.379. The van der Waals surface area contributed by atoms with Crippen LogP contribution in [0.1, 0.15) is 25.8 Å². The van der Waals surface area contributed by atoms with Gasteiger partial charge in [0.1, 0.15) is 0 Å². The number of hydrogen-bond acceptors (Lipinski definition) is 3. The predicted octanol–water partition coefficient (Wildman–Crippen LogP) is 4.67. The summed E-state index contributed by atoms with van der Waals surface area (Å²) in [6.07, 6.45) is 0.666. The Morgan fingerprint density at radius 1 is 1.37 bits per heavy atom. The summed E-state index contributed by atoms with van der Waals surface area (Å²) in [5.41, 5.74) is 0.726. The molecule has 5 heteroatoms. The summed E-state index contributed by atoms with van der Waals surface area (Å²) in [5, 5.41) is 9.72. The van der Waals surface area contributed by atoms with Crippen LogP contribution in [0.5, 0.6) is 11.5 Å². The molecule has 1 rings (SSSR count). The van der Waals surface area contributed by atoms with Crippen LogP contribution in [0.2, 0.25) is 0 Å². The van der Waals surface area contributed by atoms with Crippen molar-refractivity contribution in [2.45, 2.75) is 25.6 Å². The highest BCUT2D eigenvalue weighted by atomic mass is 79.9. The summed E-state index contributed by atoms with van der Waals surface area (Å²) in [6.45, 7) is 4.27.